The van der Waals surface area contributed by atoms with E-state index in [0.29, 0.717) is 6.54 Å². The van der Waals surface area contributed by atoms with Crippen LogP contribution in [0, 0.1) is 27.7 Å². The van der Waals surface area contributed by atoms with Gasteiger partial charge in [0, 0.05) is 42.2 Å². The fraction of sp³-hybridized carbons (Fsp3) is 0.250. The Morgan fingerprint density at radius 3 is 2.56 bits per heavy atom. The molecule has 0 aliphatic carbocycles. The molecule has 0 spiro atoms. The summed E-state index contributed by atoms with van der Waals surface area (Å²) in [5.74, 6) is 0. The molecule has 1 aromatic carbocycles. The first-order valence-corrected chi connectivity index (χ1v) is 12.0. The van der Waals surface area contributed by atoms with E-state index in [1.165, 1.54) is 33.8 Å². The number of aryl methyl sites for hydroxylation is 3. The van der Waals surface area contributed by atoms with Crippen LogP contribution in [-0.4, -0.2) is 24.5 Å². The maximum Gasteiger partial charge on any atom is 0.170 e. The van der Waals surface area contributed by atoms with Crippen molar-refractivity contribution in [2.24, 2.45) is 0 Å². The highest BCUT2D eigenvalue weighted by Crippen LogP contribution is 2.42. The van der Waals surface area contributed by atoms with Crippen LogP contribution in [0.5, 0.6) is 0 Å². The lowest BCUT2D eigenvalue weighted by atomic mass is 9.96. The van der Waals surface area contributed by atoms with Crippen molar-refractivity contribution in [1.82, 2.24) is 24.8 Å². The molecule has 0 bridgehead atoms. The van der Waals surface area contributed by atoms with Crippen molar-refractivity contribution >= 4 is 17.3 Å². The van der Waals surface area contributed by atoms with Gasteiger partial charge in [0.25, 0.3) is 0 Å². The molecule has 0 radical (unpaired) electrons. The minimum absolute atomic E-state index is 0.00710. The van der Waals surface area contributed by atoms with Gasteiger partial charge in [0.1, 0.15) is 0 Å². The maximum absolute atomic E-state index is 5.87. The fourth-order valence-electron chi connectivity index (χ4n) is 5.02. The zero-order valence-electron chi connectivity index (χ0n) is 20.0. The van der Waals surface area contributed by atoms with Gasteiger partial charge in [-0.3, -0.25) is 9.97 Å². The molecule has 5 nitrogen and oxygen atoms in total. The third kappa shape index (κ3) is 3.99. The molecular formula is C28H29N5S. The number of benzene rings is 1. The average molecular weight is 468 g/mol. The lowest BCUT2D eigenvalue weighted by Gasteiger charge is -2.28. The van der Waals surface area contributed by atoms with Gasteiger partial charge in [0.2, 0.25) is 0 Å². The molecule has 34 heavy (non-hydrogen) atoms. The van der Waals surface area contributed by atoms with Gasteiger partial charge >= 0.3 is 0 Å². The third-order valence-corrected chi connectivity index (χ3v) is 7.02. The van der Waals surface area contributed by atoms with E-state index in [2.05, 4.69) is 88.8 Å². The molecule has 1 fully saturated rings. The standard InChI is InChI=1S/C28H29N5S/c1-18-10-11-19(2)25(14-18)33-20(3)15-23(21(33)4)27-26(24-9-5-6-13-30-24)31-28(34)32(27)17-22-8-7-12-29-16-22/h5-16,26-27H,17H2,1-4H3,(H,31,34)/t26-,27+/m1/s1. The molecule has 4 heterocycles. The first-order valence-electron chi connectivity index (χ1n) is 11.6. The first kappa shape index (κ1) is 22.3. The predicted molar refractivity (Wildman–Crippen MR) is 140 cm³/mol. The Morgan fingerprint density at radius 1 is 0.971 bits per heavy atom. The number of nitrogens with zero attached hydrogens (tertiary/aromatic N) is 4. The summed E-state index contributed by atoms with van der Waals surface area (Å²) in [6, 6.07) is 19.0. The minimum atomic E-state index is -0.0436. The quantitative estimate of drug-likeness (QED) is 0.383. The van der Waals surface area contributed by atoms with Gasteiger partial charge in [-0.05, 0) is 92.5 Å². The van der Waals surface area contributed by atoms with Gasteiger partial charge < -0.3 is 14.8 Å². The molecule has 3 aromatic heterocycles. The van der Waals surface area contributed by atoms with Crippen LogP contribution in [0.25, 0.3) is 5.69 Å². The van der Waals surface area contributed by atoms with Crippen molar-refractivity contribution in [3.63, 3.8) is 0 Å². The molecule has 1 aliphatic heterocycles. The van der Waals surface area contributed by atoms with Crippen molar-refractivity contribution in [2.45, 2.75) is 46.3 Å². The SMILES string of the molecule is Cc1ccc(C)c(-n2c(C)cc([C@H]3[C@@H](c4ccccn4)NC(=S)N3Cc3cccnc3)c2C)c1. The van der Waals surface area contributed by atoms with Crippen LogP contribution < -0.4 is 5.32 Å². The van der Waals surface area contributed by atoms with Gasteiger partial charge in [-0.15, -0.1) is 0 Å². The normalized spacial score (nSPS) is 17.8. The third-order valence-electron chi connectivity index (χ3n) is 6.67. The molecule has 0 amide bonds. The number of aromatic nitrogens is 3. The number of nitrogens with one attached hydrogen (secondary N) is 1. The predicted octanol–water partition coefficient (Wildman–Crippen LogP) is 5.67. The van der Waals surface area contributed by atoms with Crippen LogP contribution in [0.1, 0.15) is 51.4 Å². The molecule has 172 valence electrons. The zero-order valence-corrected chi connectivity index (χ0v) is 20.8. The summed E-state index contributed by atoms with van der Waals surface area (Å²) in [4.78, 5) is 11.3. The van der Waals surface area contributed by atoms with Crippen molar-refractivity contribution in [3.8, 4) is 5.69 Å². The summed E-state index contributed by atoms with van der Waals surface area (Å²) < 4.78 is 2.37. The van der Waals surface area contributed by atoms with Gasteiger partial charge in [-0.1, -0.05) is 24.3 Å². The Labute approximate surface area is 206 Å². The molecule has 4 aromatic rings. The summed E-state index contributed by atoms with van der Waals surface area (Å²) in [5, 5.41) is 4.31. The maximum atomic E-state index is 5.87. The Balaban J connectivity index is 1.64. The minimum Gasteiger partial charge on any atom is -0.352 e. The number of hydrogen-bond donors (Lipinski definition) is 1. The monoisotopic (exact) mass is 467 g/mol. The van der Waals surface area contributed by atoms with Crippen molar-refractivity contribution in [2.75, 3.05) is 0 Å². The summed E-state index contributed by atoms with van der Waals surface area (Å²) in [6.07, 6.45) is 5.56. The molecule has 1 aliphatic rings. The fourth-order valence-corrected chi connectivity index (χ4v) is 5.33. The van der Waals surface area contributed by atoms with Crippen LogP contribution in [0.4, 0.5) is 0 Å². The second-order valence-corrected chi connectivity index (χ2v) is 9.45. The average Bonchev–Trinajstić information content (AvgIpc) is 3.31. The number of rotatable bonds is 5. The Bertz CT molecular complexity index is 1330. The van der Waals surface area contributed by atoms with E-state index in [0.717, 1.165) is 16.4 Å². The van der Waals surface area contributed by atoms with E-state index in [1.54, 1.807) is 6.20 Å². The second-order valence-electron chi connectivity index (χ2n) is 9.07. The van der Waals surface area contributed by atoms with E-state index in [4.69, 9.17) is 12.2 Å². The van der Waals surface area contributed by atoms with Crippen LogP contribution in [0.2, 0.25) is 0 Å². The lowest BCUT2D eigenvalue weighted by Crippen LogP contribution is -2.29. The van der Waals surface area contributed by atoms with Crippen molar-refractivity contribution in [1.29, 1.82) is 0 Å². The van der Waals surface area contributed by atoms with E-state index < -0.39 is 0 Å². The number of pyridine rings is 2. The second kappa shape index (κ2) is 9.03. The lowest BCUT2D eigenvalue weighted by molar-refractivity contribution is 0.310. The molecule has 1 N–H and O–H groups in total. The molecular weight excluding hydrogens is 438 g/mol. The molecule has 5 rings (SSSR count). The zero-order chi connectivity index (χ0) is 23.8. The van der Waals surface area contributed by atoms with E-state index >= 15 is 0 Å². The topological polar surface area (TPSA) is 46.0 Å². The highest BCUT2D eigenvalue weighted by Gasteiger charge is 2.41. The molecule has 1 saturated heterocycles. The van der Waals surface area contributed by atoms with E-state index in [-0.39, 0.29) is 12.1 Å². The summed E-state index contributed by atoms with van der Waals surface area (Å²) >= 11 is 5.87. The largest absolute Gasteiger partial charge is 0.352 e. The Kier molecular flexibility index (Phi) is 5.92. The van der Waals surface area contributed by atoms with Crippen LogP contribution in [0.15, 0.2) is 73.2 Å². The van der Waals surface area contributed by atoms with Gasteiger partial charge in [0.15, 0.2) is 5.11 Å². The summed E-state index contributed by atoms with van der Waals surface area (Å²) in [6.45, 7) is 9.39. The molecule has 6 heteroatoms. The van der Waals surface area contributed by atoms with Crippen LogP contribution >= 0.6 is 12.2 Å². The van der Waals surface area contributed by atoms with Crippen LogP contribution in [0.3, 0.4) is 0 Å². The van der Waals surface area contributed by atoms with Gasteiger partial charge in [0.05, 0.1) is 17.8 Å². The molecule has 2 atom stereocenters. The Hall–Kier alpha value is -3.51. The van der Waals surface area contributed by atoms with Gasteiger partial charge in [-0.2, -0.15) is 0 Å². The highest BCUT2D eigenvalue weighted by atomic mass is 32.1. The van der Waals surface area contributed by atoms with Crippen molar-refractivity contribution < 1.29 is 0 Å². The highest BCUT2D eigenvalue weighted by molar-refractivity contribution is 7.80. The van der Waals surface area contributed by atoms with E-state index in [9.17, 15) is 0 Å². The van der Waals surface area contributed by atoms with E-state index in [1.807, 2.05) is 30.6 Å². The van der Waals surface area contributed by atoms with Gasteiger partial charge in [-0.25, -0.2) is 0 Å². The smallest absolute Gasteiger partial charge is 0.170 e. The number of hydrogen-bond acceptors (Lipinski definition) is 3. The Morgan fingerprint density at radius 2 is 1.82 bits per heavy atom. The summed E-state index contributed by atoms with van der Waals surface area (Å²) in [5.41, 5.74) is 9.53. The first-order chi connectivity index (χ1) is 16.4. The summed E-state index contributed by atoms with van der Waals surface area (Å²) in [7, 11) is 0. The molecule has 0 saturated carbocycles. The van der Waals surface area contributed by atoms with Crippen LogP contribution in [-0.2, 0) is 6.54 Å². The number of thiocarbonyl (C=S) groups is 1. The van der Waals surface area contributed by atoms with Crippen molar-refractivity contribution in [3.05, 3.63) is 113 Å². The molecule has 0 unspecified atom stereocenters.